The van der Waals surface area contributed by atoms with Gasteiger partial charge in [0.2, 0.25) is 5.95 Å². The minimum Gasteiger partial charge on any atom is -0.354 e. The molecule has 0 atom stereocenters. The zero-order chi connectivity index (χ0) is 14.5. The van der Waals surface area contributed by atoms with Crippen LogP contribution in [0, 0.1) is 6.92 Å². The maximum absolute atomic E-state index is 5.98. The molecule has 6 heteroatoms. The van der Waals surface area contributed by atoms with Crippen molar-refractivity contribution in [2.45, 2.75) is 20.3 Å². The van der Waals surface area contributed by atoms with Crippen LogP contribution in [0.5, 0.6) is 0 Å². The summed E-state index contributed by atoms with van der Waals surface area (Å²) in [5, 5.41) is 7.51. The molecule has 0 saturated heterocycles. The average Bonchev–Trinajstić information content (AvgIpc) is 2.34. The lowest BCUT2D eigenvalue weighted by Crippen LogP contribution is -2.06. The lowest BCUT2D eigenvalue weighted by molar-refractivity contribution is 0.947. The van der Waals surface area contributed by atoms with E-state index in [1.165, 1.54) is 0 Å². The van der Waals surface area contributed by atoms with Gasteiger partial charge in [-0.15, -0.1) is 0 Å². The highest BCUT2D eigenvalue weighted by atomic mass is 35.5. The summed E-state index contributed by atoms with van der Waals surface area (Å²) in [7, 11) is 0. The van der Waals surface area contributed by atoms with Gasteiger partial charge in [0.15, 0.2) is 0 Å². The second-order valence-corrected chi connectivity index (χ2v) is 5.30. The molecule has 0 spiro atoms. The Labute approximate surface area is 128 Å². The van der Waals surface area contributed by atoms with Gasteiger partial charge in [-0.2, -0.15) is 4.98 Å². The molecule has 0 unspecified atom stereocenters. The van der Waals surface area contributed by atoms with Crippen molar-refractivity contribution in [1.82, 2.24) is 9.97 Å². The molecule has 0 aliphatic heterocycles. The minimum atomic E-state index is 0.579. The monoisotopic (exact) mass is 310 g/mol. The first-order chi connectivity index (χ1) is 9.56. The summed E-state index contributed by atoms with van der Waals surface area (Å²) in [6, 6.07) is 7.15. The van der Waals surface area contributed by atoms with E-state index in [9.17, 15) is 0 Å². The number of anilines is 3. The molecule has 4 nitrogen and oxygen atoms in total. The SMILES string of the molecule is CCCNc1nc(C)cc(Nc2cc(Cl)cc(Cl)c2)n1. The van der Waals surface area contributed by atoms with Gasteiger partial charge < -0.3 is 10.6 Å². The molecule has 0 amide bonds. The van der Waals surface area contributed by atoms with E-state index < -0.39 is 0 Å². The van der Waals surface area contributed by atoms with Gasteiger partial charge in [-0.1, -0.05) is 30.1 Å². The van der Waals surface area contributed by atoms with Crippen molar-refractivity contribution in [3.63, 3.8) is 0 Å². The molecule has 2 aromatic rings. The second kappa shape index (κ2) is 6.77. The molecule has 20 heavy (non-hydrogen) atoms. The fourth-order valence-electron chi connectivity index (χ4n) is 1.72. The lowest BCUT2D eigenvalue weighted by atomic mass is 10.3. The molecule has 1 heterocycles. The quantitative estimate of drug-likeness (QED) is 0.843. The van der Waals surface area contributed by atoms with Crippen molar-refractivity contribution in [3.8, 4) is 0 Å². The van der Waals surface area contributed by atoms with Crippen LogP contribution in [0.1, 0.15) is 19.0 Å². The predicted molar refractivity (Wildman–Crippen MR) is 85.3 cm³/mol. The summed E-state index contributed by atoms with van der Waals surface area (Å²) >= 11 is 12.0. The Bertz CT molecular complexity index is 581. The number of hydrogen-bond donors (Lipinski definition) is 2. The highest BCUT2D eigenvalue weighted by Crippen LogP contribution is 2.25. The fraction of sp³-hybridized carbons (Fsp3) is 0.286. The van der Waals surface area contributed by atoms with Crippen LogP contribution >= 0.6 is 23.2 Å². The molecule has 1 aromatic carbocycles. The molecular formula is C14H16Cl2N4. The van der Waals surface area contributed by atoms with Gasteiger partial charge in [-0.3, -0.25) is 0 Å². The third kappa shape index (κ3) is 4.25. The molecule has 2 N–H and O–H groups in total. The summed E-state index contributed by atoms with van der Waals surface area (Å²) < 4.78 is 0. The fourth-order valence-corrected chi connectivity index (χ4v) is 2.25. The number of halogens is 2. The summed E-state index contributed by atoms with van der Waals surface area (Å²) in [6.07, 6.45) is 1.02. The van der Waals surface area contributed by atoms with E-state index in [0.29, 0.717) is 21.8 Å². The van der Waals surface area contributed by atoms with Gasteiger partial charge in [-0.05, 0) is 31.5 Å². The molecule has 0 fully saturated rings. The molecule has 0 aliphatic carbocycles. The van der Waals surface area contributed by atoms with Gasteiger partial charge >= 0.3 is 0 Å². The summed E-state index contributed by atoms with van der Waals surface area (Å²) in [5.41, 5.74) is 1.68. The standard InChI is InChI=1S/C14H16Cl2N4/c1-3-4-17-14-18-9(2)5-13(20-14)19-12-7-10(15)6-11(16)8-12/h5-8H,3-4H2,1-2H3,(H2,17,18,19,20). The van der Waals surface area contributed by atoms with Crippen LogP contribution in [0.15, 0.2) is 24.3 Å². The zero-order valence-corrected chi connectivity index (χ0v) is 12.9. The highest BCUT2D eigenvalue weighted by Gasteiger charge is 2.04. The van der Waals surface area contributed by atoms with E-state index in [0.717, 1.165) is 24.3 Å². The van der Waals surface area contributed by atoms with Crippen molar-refractivity contribution < 1.29 is 0 Å². The number of aromatic nitrogens is 2. The van der Waals surface area contributed by atoms with E-state index in [4.69, 9.17) is 23.2 Å². The number of benzene rings is 1. The molecule has 0 saturated carbocycles. The van der Waals surface area contributed by atoms with Gasteiger partial charge in [0.25, 0.3) is 0 Å². The smallest absolute Gasteiger partial charge is 0.224 e. The first-order valence-corrected chi connectivity index (χ1v) is 7.15. The first kappa shape index (κ1) is 14.9. The molecule has 0 radical (unpaired) electrons. The Hall–Kier alpha value is -1.52. The van der Waals surface area contributed by atoms with E-state index >= 15 is 0 Å². The Morgan fingerprint density at radius 3 is 2.40 bits per heavy atom. The second-order valence-electron chi connectivity index (χ2n) is 4.43. The lowest BCUT2D eigenvalue weighted by Gasteiger charge is -2.10. The maximum atomic E-state index is 5.98. The number of nitrogens with one attached hydrogen (secondary N) is 2. The largest absolute Gasteiger partial charge is 0.354 e. The normalized spacial score (nSPS) is 10.4. The summed E-state index contributed by atoms with van der Waals surface area (Å²) in [5.74, 6) is 1.32. The van der Waals surface area contributed by atoms with Gasteiger partial charge in [0.1, 0.15) is 5.82 Å². The van der Waals surface area contributed by atoms with Crippen LogP contribution in [0.3, 0.4) is 0 Å². The topological polar surface area (TPSA) is 49.8 Å². The van der Waals surface area contributed by atoms with E-state index in [-0.39, 0.29) is 0 Å². The summed E-state index contributed by atoms with van der Waals surface area (Å²) in [6.45, 7) is 4.86. The number of nitrogens with zero attached hydrogens (tertiary/aromatic N) is 2. The van der Waals surface area contributed by atoms with Gasteiger partial charge in [0, 0.05) is 34.0 Å². The van der Waals surface area contributed by atoms with Crippen LogP contribution in [-0.4, -0.2) is 16.5 Å². The van der Waals surface area contributed by atoms with Gasteiger partial charge in [0.05, 0.1) is 0 Å². The van der Waals surface area contributed by atoms with E-state index in [1.54, 1.807) is 18.2 Å². The Morgan fingerprint density at radius 2 is 1.75 bits per heavy atom. The van der Waals surface area contributed by atoms with E-state index in [1.807, 2.05) is 13.0 Å². The summed E-state index contributed by atoms with van der Waals surface area (Å²) in [4.78, 5) is 8.74. The molecular weight excluding hydrogens is 295 g/mol. The minimum absolute atomic E-state index is 0.579. The maximum Gasteiger partial charge on any atom is 0.224 e. The third-order valence-corrected chi connectivity index (χ3v) is 2.96. The van der Waals surface area contributed by atoms with Crippen LogP contribution < -0.4 is 10.6 Å². The van der Waals surface area contributed by atoms with Gasteiger partial charge in [-0.25, -0.2) is 4.98 Å². The predicted octanol–water partition coefficient (Wildman–Crippen LogP) is 4.66. The third-order valence-electron chi connectivity index (χ3n) is 2.52. The number of aryl methyl sites for hydroxylation is 1. The molecule has 1 aromatic heterocycles. The number of hydrogen-bond acceptors (Lipinski definition) is 4. The van der Waals surface area contributed by atoms with Crippen LogP contribution in [0.25, 0.3) is 0 Å². The Balaban J connectivity index is 2.21. The molecule has 0 aliphatic rings. The van der Waals surface area contributed by atoms with Crippen molar-refractivity contribution in [3.05, 3.63) is 40.0 Å². The number of rotatable bonds is 5. The first-order valence-electron chi connectivity index (χ1n) is 6.39. The van der Waals surface area contributed by atoms with Crippen LogP contribution in [-0.2, 0) is 0 Å². The zero-order valence-electron chi connectivity index (χ0n) is 11.4. The Kier molecular flexibility index (Phi) is 5.04. The Morgan fingerprint density at radius 1 is 1.05 bits per heavy atom. The van der Waals surface area contributed by atoms with Crippen molar-refractivity contribution in [2.24, 2.45) is 0 Å². The van der Waals surface area contributed by atoms with E-state index in [2.05, 4.69) is 27.5 Å². The van der Waals surface area contributed by atoms with Crippen molar-refractivity contribution in [1.29, 1.82) is 0 Å². The van der Waals surface area contributed by atoms with Crippen LogP contribution in [0.2, 0.25) is 10.0 Å². The molecule has 2 rings (SSSR count). The van der Waals surface area contributed by atoms with Crippen molar-refractivity contribution >= 4 is 40.7 Å². The average molecular weight is 311 g/mol. The highest BCUT2D eigenvalue weighted by molar-refractivity contribution is 6.35. The molecule has 106 valence electrons. The van der Waals surface area contributed by atoms with Crippen molar-refractivity contribution in [2.75, 3.05) is 17.2 Å². The molecule has 0 bridgehead atoms. The van der Waals surface area contributed by atoms with Crippen LogP contribution in [0.4, 0.5) is 17.5 Å².